The molecule has 0 saturated carbocycles. The van der Waals surface area contributed by atoms with Gasteiger partial charge in [0.15, 0.2) is 0 Å². The molecular weight excluding hydrogens is 358 g/mol. The third-order valence-electron chi connectivity index (χ3n) is 3.53. The van der Waals surface area contributed by atoms with E-state index in [9.17, 15) is 13.2 Å². The fraction of sp³-hybridized carbons (Fsp3) is 0.235. The number of rotatable bonds is 6. The van der Waals surface area contributed by atoms with Gasteiger partial charge in [0.05, 0.1) is 16.3 Å². The van der Waals surface area contributed by atoms with Crippen LogP contribution in [0.25, 0.3) is 0 Å². The van der Waals surface area contributed by atoms with Gasteiger partial charge in [-0.1, -0.05) is 12.1 Å². The van der Waals surface area contributed by atoms with Gasteiger partial charge < -0.3 is 10.2 Å². The van der Waals surface area contributed by atoms with Gasteiger partial charge in [-0.3, -0.25) is 4.79 Å². The molecule has 1 amide bonds. The molecule has 8 heteroatoms. The average Bonchev–Trinajstić information content (AvgIpc) is 2.54. The third-order valence-corrected chi connectivity index (χ3v) is 5.06. The summed E-state index contributed by atoms with van der Waals surface area (Å²) in [6.07, 6.45) is 1.99. The molecule has 0 atom stereocenters. The van der Waals surface area contributed by atoms with E-state index >= 15 is 0 Å². The first kappa shape index (κ1) is 19.3. The topological polar surface area (TPSA) is 92.5 Å². The average molecular weight is 380 g/mol. The molecule has 3 N–H and O–H groups in total. The molecule has 0 saturated heterocycles. The first-order chi connectivity index (χ1) is 11.7. The molecule has 2 rings (SSSR count). The van der Waals surface area contributed by atoms with Crippen LogP contribution in [0.3, 0.4) is 0 Å². The summed E-state index contributed by atoms with van der Waals surface area (Å²) in [6.45, 7) is 0. The second-order valence-electron chi connectivity index (χ2n) is 5.71. The number of primary sulfonamides is 1. The van der Waals surface area contributed by atoms with Crippen molar-refractivity contribution in [1.29, 1.82) is 0 Å². The van der Waals surface area contributed by atoms with Gasteiger partial charge in [0, 0.05) is 25.4 Å². The number of carbonyl (C=O) groups is 1. The number of hydrogen-bond acceptors (Lipinski definition) is 5. The lowest BCUT2D eigenvalue weighted by atomic mass is 10.1. The van der Waals surface area contributed by atoms with E-state index in [-0.39, 0.29) is 10.8 Å². The van der Waals surface area contributed by atoms with Crippen LogP contribution in [0.1, 0.15) is 15.9 Å². The van der Waals surface area contributed by atoms with E-state index in [4.69, 9.17) is 5.14 Å². The van der Waals surface area contributed by atoms with E-state index in [2.05, 4.69) is 5.32 Å². The van der Waals surface area contributed by atoms with Crippen LogP contribution in [0.4, 0.5) is 11.4 Å². The maximum Gasteiger partial charge on any atom is 0.255 e. The van der Waals surface area contributed by atoms with Crippen molar-refractivity contribution in [1.82, 2.24) is 0 Å². The van der Waals surface area contributed by atoms with Crippen molar-refractivity contribution >= 4 is 39.1 Å². The molecule has 0 aliphatic carbocycles. The highest BCUT2D eigenvalue weighted by molar-refractivity contribution is 7.97. The molecule has 0 heterocycles. The van der Waals surface area contributed by atoms with Gasteiger partial charge in [-0.15, -0.1) is 0 Å². The minimum Gasteiger partial charge on any atom is -0.376 e. The predicted octanol–water partition coefficient (Wildman–Crippen LogP) is 2.52. The predicted molar refractivity (Wildman–Crippen MR) is 104 cm³/mol. The van der Waals surface area contributed by atoms with Crippen LogP contribution >= 0.6 is 11.8 Å². The smallest absolute Gasteiger partial charge is 0.255 e. The molecule has 25 heavy (non-hydrogen) atoms. The van der Waals surface area contributed by atoms with Crippen LogP contribution in [0.15, 0.2) is 47.4 Å². The van der Waals surface area contributed by atoms with Crippen LogP contribution in [-0.2, 0) is 15.8 Å². The van der Waals surface area contributed by atoms with Crippen molar-refractivity contribution < 1.29 is 13.2 Å². The Hall–Kier alpha value is -2.03. The van der Waals surface area contributed by atoms with Crippen LogP contribution in [0.2, 0.25) is 0 Å². The number of thioether (sulfide) groups is 1. The van der Waals surface area contributed by atoms with E-state index in [1.165, 1.54) is 12.1 Å². The largest absolute Gasteiger partial charge is 0.376 e. The number of sulfonamides is 1. The molecule has 0 radical (unpaired) electrons. The Balaban J connectivity index is 2.37. The molecule has 6 nitrogen and oxygen atoms in total. The summed E-state index contributed by atoms with van der Waals surface area (Å²) in [5, 5.41) is 7.97. The molecule has 0 aliphatic rings. The number of nitrogens with two attached hydrogens (primary N) is 1. The molecule has 0 aliphatic heterocycles. The molecule has 0 bridgehead atoms. The summed E-state index contributed by atoms with van der Waals surface area (Å²) in [5.74, 6) is 0.503. The summed E-state index contributed by atoms with van der Waals surface area (Å²) < 4.78 is 23.2. The summed E-state index contributed by atoms with van der Waals surface area (Å²) in [4.78, 5) is 14.3. The van der Waals surface area contributed by atoms with Gasteiger partial charge in [-0.05, 0) is 42.2 Å². The number of hydrogen-bond donors (Lipinski definition) is 2. The first-order valence-electron chi connectivity index (χ1n) is 7.46. The number of nitrogens with zero attached hydrogens (tertiary/aromatic N) is 1. The molecular formula is C17H21N3O3S2. The van der Waals surface area contributed by atoms with Crippen LogP contribution in [-0.4, -0.2) is 34.7 Å². The van der Waals surface area contributed by atoms with Crippen molar-refractivity contribution in [2.45, 2.75) is 10.6 Å². The Labute approximate surface area is 152 Å². The van der Waals surface area contributed by atoms with E-state index in [1.807, 2.05) is 24.5 Å². The van der Waals surface area contributed by atoms with Gasteiger partial charge >= 0.3 is 0 Å². The number of carbonyl (C=O) groups excluding carboxylic acids is 1. The Morgan fingerprint density at radius 2 is 1.92 bits per heavy atom. The zero-order chi connectivity index (χ0) is 18.6. The fourth-order valence-corrected chi connectivity index (χ4v) is 3.40. The molecule has 0 spiro atoms. The van der Waals surface area contributed by atoms with Gasteiger partial charge in [0.25, 0.3) is 5.91 Å². The maximum atomic E-state index is 12.6. The Bertz CT molecular complexity index is 880. The van der Waals surface area contributed by atoms with Gasteiger partial charge in [-0.25, -0.2) is 13.6 Å². The quantitative estimate of drug-likeness (QED) is 0.804. The zero-order valence-corrected chi connectivity index (χ0v) is 15.9. The second-order valence-corrected chi connectivity index (χ2v) is 8.13. The number of benzene rings is 2. The van der Waals surface area contributed by atoms with Gasteiger partial charge in [0.2, 0.25) is 10.0 Å². The van der Waals surface area contributed by atoms with Crippen molar-refractivity contribution in [3.8, 4) is 0 Å². The van der Waals surface area contributed by atoms with E-state index in [1.54, 1.807) is 42.9 Å². The normalized spacial score (nSPS) is 11.2. The summed E-state index contributed by atoms with van der Waals surface area (Å²) in [5.41, 5.74) is 2.63. The van der Waals surface area contributed by atoms with Crippen LogP contribution < -0.4 is 15.4 Å². The van der Waals surface area contributed by atoms with Crippen molar-refractivity contribution in [2.75, 3.05) is 30.6 Å². The highest BCUT2D eigenvalue weighted by Crippen LogP contribution is 2.28. The zero-order valence-electron chi connectivity index (χ0n) is 14.3. The lowest BCUT2D eigenvalue weighted by Crippen LogP contribution is -2.18. The van der Waals surface area contributed by atoms with Crippen LogP contribution in [0.5, 0.6) is 0 Å². The molecule has 0 aromatic heterocycles. The van der Waals surface area contributed by atoms with E-state index in [0.29, 0.717) is 16.9 Å². The van der Waals surface area contributed by atoms with Crippen molar-refractivity contribution in [2.24, 2.45) is 5.14 Å². The molecule has 0 fully saturated rings. The summed E-state index contributed by atoms with van der Waals surface area (Å²) in [7, 11) is -0.242. The fourth-order valence-electron chi connectivity index (χ4n) is 2.35. The monoisotopic (exact) mass is 379 g/mol. The minimum atomic E-state index is -3.85. The Morgan fingerprint density at radius 1 is 1.20 bits per heavy atom. The summed E-state index contributed by atoms with van der Waals surface area (Å²) in [6, 6.07) is 11.7. The van der Waals surface area contributed by atoms with Crippen molar-refractivity contribution in [3.05, 3.63) is 53.6 Å². The summed E-state index contributed by atoms with van der Waals surface area (Å²) >= 11 is 1.67. The lowest BCUT2D eigenvalue weighted by molar-refractivity contribution is 0.102. The lowest BCUT2D eigenvalue weighted by Gasteiger charge is -2.19. The van der Waals surface area contributed by atoms with Crippen LogP contribution in [0, 0.1) is 0 Å². The SMILES string of the molecule is CSCc1cccc(C(=O)Nc2cc(S(N)(=O)=O)ccc2N(C)C)c1. The number of amides is 1. The minimum absolute atomic E-state index is 0.0514. The molecule has 2 aromatic rings. The molecule has 2 aromatic carbocycles. The van der Waals surface area contributed by atoms with E-state index in [0.717, 1.165) is 11.3 Å². The number of anilines is 2. The second kappa shape index (κ2) is 7.90. The Morgan fingerprint density at radius 3 is 2.52 bits per heavy atom. The standard InChI is InChI=1S/C17H21N3O3S2/c1-20(2)16-8-7-14(25(18,22)23)10-15(16)19-17(21)13-6-4-5-12(9-13)11-24-3/h4-10H,11H2,1-3H3,(H,19,21)(H2,18,22,23). The highest BCUT2D eigenvalue weighted by atomic mass is 32.2. The highest BCUT2D eigenvalue weighted by Gasteiger charge is 2.15. The number of nitrogens with one attached hydrogen (secondary N) is 1. The third kappa shape index (κ3) is 4.97. The maximum absolute atomic E-state index is 12.6. The first-order valence-corrected chi connectivity index (χ1v) is 10.4. The van der Waals surface area contributed by atoms with Gasteiger partial charge in [-0.2, -0.15) is 11.8 Å². The molecule has 0 unspecified atom stereocenters. The van der Waals surface area contributed by atoms with Crippen molar-refractivity contribution in [3.63, 3.8) is 0 Å². The molecule has 134 valence electrons. The van der Waals surface area contributed by atoms with Gasteiger partial charge in [0.1, 0.15) is 0 Å². The Kier molecular flexibility index (Phi) is 6.10. The van der Waals surface area contributed by atoms with E-state index < -0.39 is 10.0 Å².